The molecular formula is C12H27N. The van der Waals surface area contributed by atoms with Crippen molar-refractivity contribution in [3.8, 4) is 0 Å². The van der Waals surface area contributed by atoms with E-state index < -0.39 is 0 Å². The fourth-order valence-corrected chi connectivity index (χ4v) is 2.13. The lowest BCUT2D eigenvalue weighted by molar-refractivity contribution is 0.253. The molecule has 0 aliphatic carbocycles. The van der Waals surface area contributed by atoms with Crippen molar-refractivity contribution in [2.24, 2.45) is 5.41 Å². The molecule has 0 aromatic carbocycles. The topological polar surface area (TPSA) is 12.0 Å². The molecule has 1 unspecified atom stereocenters. The standard InChI is InChI=1S/C12H27N/c1-5-7-8-10-12(3,9-6-2)11-13-4/h13H,5-11H2,1-4H3. The fourth-order valence-electron chi connectivity index (χ4n) is 2.13. The van der Waals surface area contributed by atoms with Gasteiger partial charge in [0.15, 0.2) is 0 Å². The van der Waals surface area contributed by atoms with Crippen molar-refractivity contribution in [3.63, 3.8) is 0 Å². The lowest BCUT2D eigenvalue weighted by Gasteiger charge is -2.29. The van der Waals surface area contributed by atoms with Crippen molar-refractivity contribution in [3.05, 3.63) is 0 Å². The molecule has 0 saturated carbocycles. The predicted octanol–water partition coefficient (Wildman–Crippen LogP) is 3.59. The Bertz CT molecular complexity index is 104. The van der Waals surface area contributed by atoms with Crippen LogP contribution in [0.25, 0.3) is 0 Å². The summed E-state index contributed by atoms with van der Waals surface area (Å²) in [5.41, 5.74) is 0.540. The number of nitrogens with one attached hydrogen (secondary N) is 1. The molecule has 13 heavy (non-hydrogen) atoms. The van der Waals surface area contributed by atoms with E-state index in [0.29, 0.717) is 5.41 Å². The lowest BCUT2D eigenvalue weighted by atomic mass is 9.80. The van der Waals surface area contributed by atoms with E-state index in [-0.39, 0.29) is 0 Å². The number of hydrogen-bond acceptors (Lipinski definition) is 1. The van der Waals surface area contributed by atoms with Crippen molar-refractivity contribution in [2.75, 3.05) is 13.6 Å². The van der Waals surface area contributed by atoms with E-state index in [1.54, 1.807) is 0 Å². The van der Waals surface area contributed by atoms with Crippen LogP contribution in [0.1, 0.15) is 59.3 Å². The van der Waals surface area contributed by atoms with Gasteiger partial charge in [0.05, 0.1) is 0 Å². The number of hydrogen-bond donors (Lipinski definition) is 1. The zero-order chi connectivity index (χ0) is 10.2. The van der Waals surface area contributed by atoms with E-state index in [0.717, 1.165) is 0 Å². The van der Waals surface area contributed by atoms with Gasteiger partial charge < -0.3 is 5.32 Å². The van der Waals surface area contributed by atoms with Crippen LogP contribution in [0.2, 0.25) is 0 Å². The van der Waals surface area contributed by atoms with Crippen molar-refractivity contribution in [1.82, 2.24) is 5.32 Å². The molecule has 0 radical (unpaired) electrons. The summed E-state index contributed by atoms with van der Waals surface area (Å²) in [6.07, 6.45) is 8.18. The van der Waals surface area contributed by atoms with Gasteiger partial charge in [-0.1, -0.05) is 46.5 Å². The van der Waals surface area contributed by atoms with Gasteiger partial charge in [-0.25, -0.2) is 0 Å². The monoisotopic (exact) mass is 185 g/mol. The van der Waals surface area contributed by atoms with Crippen molar-refractivity contribution < 1.29 is 0 Å². The van der Waals surface area contributed by atoms with Crippen LogP contribution < -0.4 is 5.32 Å². The second kappa shape index (κ2) is 7.37. The molecule has 1 atom stereocenters. The third-order valence-corrected chi connectivity index (χ3v) is 2.84. The summed E-state index contributed by atoms with van der Waals surface area (Å²) in [5.74, 6) is 0. The van der Waals surface area contributed by atoms with E-state index in [4.69, 9.17) is 0 Å². The third kappa shape index (κ3) is 6.09. The Morgan fingerprint density at radius 3 is 2.15 bits per heavy atom. The Labute approximate surface area is 84.3 Å². The van der Waals surface area contributed by atoms with Crippen LogP contribution in [0, 0.1) is 5.41 Å². The molecule has 0 aromatic heterocycles. The van der Waals surface area contributed by atoms with Gasteiger partial charge in [0.2, 0.25) is 0 Å². The van der Waals surface area contributed by atoms with E-state index >= 15 is 0 Å². The predicted molar refractivity (Wildman–Crippen MR) is 61.1 cm³/mol. The zero-order valence-electron chi connectivity index (χ0n) is 9.95. The van der Waals surface area contributed by atoms with E-state index in [1.807, 2.05) is 0 Å². The molecule has 0 saturated heterocycles. The van der Waals surface area contributed by atoms with Crippen LogP contribution in [0.4, 0.5) is 0 Å². The molecule has 1 nitrogen and oxygen atoms in total. The van der Waals surface area contributed by atoms with Crippen LogP contribution in [0.3, 0.4) is 0 Å². The molecule has 1 heteroatoms. The molecule has 0 amide bonds. The maximum Gasteiger partial charge on any atom is 0.000215 e. The van der Waals surface area contributed by atoms with Gasteiger partial charge in [-0.05, 0) is 25.3 Å². The lowest BCUT2D eigenvalue weighted by Crippen LogP contribution is -2.29. The van der Waals surface area contributed by atoms with Gasteiger partial charge in [0.1, 0.15) is 0 Å². The summed E-state index contributed by atoms with van der Waals surface area (Å²) in [4.78, 5) is 0. The highest BCUT2D eigenvalue weighted by molar-refractivity contribution is 4.75. The minimum absolute atomic E-state index is 0.540. The van der Waals surface area contributed by atoms with Crippen molar-refractivity contribution >= 4 is 0 Å². The van der Waals surface area contributed by atoms with E-state index in [1.165, 1.54) is 45.1 Å². The maximum atomic E-state index is 3.32. The molecule has 1 N–H and O–H groups in total. The van der Waals surface area contributed by atoms with Crippen LogP contribution >= 0.6 is 0 Å². The average Bonchev–Trinajstić information content (AvgIpc) is 2.05. The van der Waals surface area contributed by atoms with Gasteiger partial charge in [-0.3, -0.25) is 0 Å². The molecule has 0 bridgehead atoms. The minimum atomic E-state index is 0.540. The quantitative estimate of drug-likeness (QED) is 0.570. The van der Waals surface area contributed by atoms with Gasteiger partial charge in [-0.15, -0.1) is 0 Å². The van der Waals surface area contributed by atoms with Crippen LogP contribution in [-0.2, 0) is 0 Å². The van der Waals surface area contributed by atoms with Gasteiger partial charge in [0, 0.05) is 6.54 Å². The SMILES string of the molecule is CCCCCC(C)(CCC)CNC. The summed E-state index contributed by atoms with van der Waals surface area (Å²) >= 11 is 0. The van der Waals surface area contributed by atoms with Gasteiger partial charge in [-0.2, -0.15) is 0 Å². The zero-order valence-corrected chi connectivity index (χ0v) is 9.95. The largest absolute Gasteiger partial charge is 0.319 e. The first kappa shape index (κ1) is 13.0. The van der Waals surface area contributed by atoms with E-state index in [9.17, 15) is 0 Å². The normalized spacial score (nSPS) is 15.7. The molecule has 0 heterocycles. The van der Waals surface area contributed by atoms with Crippen LogP contribution in [0.15, 0.2) is 0 Å². The van der Waals surface area contributed by atoms with Crippen molar-refractivity contribution in [1.29, 1.82) is 0 Å². The fraction of sp³-hybridized carbons (Fsp3) is 1.00. The second-order valence-corrected chi connectivity index (χ2v) is 4.55. The second-order valence-electron chi connectivity index (χ2n) is 4.55. The Balaban J connectivity index is 3.76. The summed E-state index contributed by atoms with van der Waals surface area (Å²) in [6.45, 7) is 8.15. The summed E-state index contributed by atoms with van der Waals surface area (Å²) in [7, 11) is 2.06. The Kier molecular flexibility index (Phi) is 7.35. The third-order valence-electron chi connectivity index (χ3n) is 2.84. The molecule has 0 rings (SSSR count). The number of rotatable bonds is 8. The molecule has 80 valence electrons. The molecule has 0 spiro atoms. The molecule has 0 aliphatic rings. The summed E-state index contributed by atoms with van der Waals surface area (Å²) in [6, 6.07) is 0. The first-order valence-corrected chi connectivity index (χ1v) is 5.83. The highest BCUT2D eigenvalue weighted by atomic mass is 14.8. The van der Waals surface area contributed by atoms with Crippen LogP contribution in [0.5, 0.6) is 0 Å². The summed E-state index contributed by atoms with van der Waals surface area (Å²) < 4.78 is 0. The average molecular weight is 185 g/mol. The summed E-state index contributed by atoms with van der Waals surface area (Å²) in [5, 5.41) is 3.32. The smallest absolute Gasteiger partial charge is 0.000215 e. The molecule has 0 aliphatic heterocycles. The van der Waals surface area contributed by atoms with Gasteiger partial charge in [0.25, 0.3) is 0 Å². The Morgan fingerprint density at radius 1 is 1.00 bits per heavy atom. The highest BCUT2D eigenvalue weighted by Gasteiger charge is 2.21. The first-order valence-electron chi connectivity index (χ1n) is 5.83. The van der Waals surface area contributed by atoms with Crippen LogP contribution in [-0.4, -0.2) is 13.6 Å². The minimum Gasteiger partial charge on any atom is -0.319 e. The Morgan fingerprint density at radius 2 is 1.69 bits per heavy atom. The molecular weight excluding hydrogens is 158 g/mol. The Hall–Kier alpha value is -0.0400. The molecule has 0 fully saturated rings. The van der Waals surface area contributed by atoms with Crippen molar-refractivity contribution in [2.45, 2.75) is 59.3 Å². The maximum absolute atomic E-state index is 3.32. The highest BCUT2D eigenvalue weighted by Crippen LogP contribution is 2.29. The van der Waals surface area contributed by atoms with Gasteiger partial charge >= 0.3 is 0 Å². The van der Waals surface area contributed by atoms with E-state index in [2.05, 4.69) is 33.1 Å². The number of unbranched alkanes of at least 4 members (excludes halogenated alkanes) is 2. The molecule has 0 aromatic rings. The first-order chi connectivity index (χ1) is 6.18.